The molecule has 0 aromatic rings. The summed E-state index contributed by atoms with van der Waals surface area (Å²) >= 11 is 0. The Kier molecular flexibility index (Phi) is 1.88. The summed E-state index contributed by atoms with van der Waals surface area (Å²) in [4.78, 5) is 4.51. The first kappa shape index (κ1) is 7.45. The van der Waals surface area contributed by atoms with Crippen LogP contribution in [-0.4, -0.2) is 36.0 Å². The molecule has 0 aromatic carbocycles. The van der Waals surface area contributed by atoms with Gasteiger partial charge in [0.05, 0.1) is 5.82 Å². The second-order valence-corrected chi connectivity index (χ2v) is 3.12. The van der Waals surface area contributed by atoms with Gasteiger partial charge in [-0.05, 0) is 13.8 Å². The van der Waals surface area contributed by atoms with E-state index < -0.39 is 0 Å². The SMILES string of the molecule is C=C1N(C)CCN1C(C)C. The molecule has 0 aliphatic carbocycles. The molecule has 0 aromatic heterocycles. The normalized spacial score (nSPS) is 19.4. The standard InChI is InChI=1S/C8H16N2/c1-7(2)10-6-5-9(4)8(10)3/h7H,3,5-6H2,1-2,4H3. The van der Waals surface area contributed by atoms with E-state index in [1.807, 2.05) is 0 Å². The van der Waals surface area contributed by atoms with Gasteiger partial charge in [-0.1, -0.05) is 6.58 Å². The summed E-state index contributed by atoms with van der Waals surface area (Å²) in [6.07, 6.45) is 0. The van der Waals surface area contributed by atoms with Crippen LogP contribution in [0.2, 0.25) is 0 Å². The van der Waals surface area contributed by atoms with Crippen molar-refractivity contribution in [2.75, 3.05) is 20.1 Å². The van der Waals surface area contributed by atoms with E-state index in [0.29, 0.717) is 6.04 Å². The van der Waals surface area contributed by atoms with E-state index in [9.17, 15) is 0 Å². The van der Waals surface area contributed by atoms with Gasteiger partial charge in [0, 0.05) is 26.2 Å². The fourth-order valence-electron chi connectivity index (χ4n) is 1.29. The zero-order valence-electron chi connectivity index (χ0n) is 7.09. The Hall–Kier alpha value is -0.660. The van der Waals surface area contributed by atoms with Crippen LogP contribution in [0.5, 0.6) is 0 Å². The summed E-state index contributed by atoms with van der Waals surface area (Å²) in [5, 5.41) is 0. The van der Waals surface area contributed by atoms with Crippen molar-refractivity contribution in [1.29, 1.82) is 0 Å². The Labute approximate surface area is 63.1 Å². The fraction of sp³-hybridized carbons (Fsp3) is 0.750. The molecule has 1 aliphatic rings. The van der Waals surface area contributed by atoms with Crippen LogP contribution in [0.3, 0.4) is 0 Å². The van der Waals surface area contributed by atoms with Gasteiger partial charge in [0.15, 0.2) is 0 Å². The molecule has 0 spiro atoms. The molecule has 0 N–H and O–H groups in total. The first-order valence-corrected chi connectivity index (χ1v) is 3.79. The Balaban J connectivity index is 2.57. The molecule has 1 aliphatic heterocycles. The number of likely N-dealkylation sites (N-methyl/N-ethyl adjacent to an activating group) is 1. The van der Waals surface area contributed by atoms with Crippen LogP contribution in [-0.2, 0) is 0 Å². The van der Waals surface area contributed by atoms with Crippen LogP contribution in [0.25, 0.3) is 0 Å². The topological polar surface area (TPSA) is 6.48 Å². The molecule has 0 unspecified atom stereocenters. The lowest BCUT2D eigenvalue weighted by Gasteiger charge is -2.24. The van der Waals surface area contributed by atoms with E-state index in [1.165, 1.54) is 0 Å². The number of hydrogen-bond donors (Lipinski definition) is 0. The van der Waals surface area contributed by atoms with Gasteiger partial charge >= 0.3 is 0 Å². The second-order valence-electron chi connectivity index (χ2n) is 3.12. The maximum absolute atomic E-state index is 3.99. The van der Waals surface area contributed by atoms with E-state index in [1.54, 1.807) is 0 Å². The van der Waals surface area contributed by atoms with Crippen molar-refractivity contribution in [2.45, 2.75) is 19.9 Å². The van der Waals surface area contributed by atoms with Crippen LogP contribution < -0.4 is 0 Å². The van der Waals surface area contributed by atoms with Crippen molar-refractivity contribution in [3.05, 3.63) is 12.4 Å². The van der Waals surface area contributed by atoms with Crippen molar-refractivity contribution in [3.8, 4) is 0 Å². The third-order valence-corrected chi connectivity index (χ3v) is 2.07. The second kappa shape index (κ2) is 2.52. The third-order valence-electron chi connectivity index (χ3n) is 2.07. The van der Waals surface area contributed by atoms with Crippen molar-refractivity contribution < 1.29 is 0 Å². The first-order chi connectivity index (χ1) is 4.63. The summed E-state index contributed by atoms with van der Waals surface area (Å²) in [5.41, 5.74) is 0. The zero-order valence-corrected chi connectivity index (χ0v) is 7.09. The highest BCUT2D eigenvalue weighted by Crippen LogP contribution is 2.16. The largest absolute Gasteiger partial charge is 0.360 e. The predicted molar refractivity (Wildman–Crippen MR) is 43.6 cm³/mol. The van der Waals surface area contributed by atoms with Gasteiger partial charge in [-0.25, -0.2) is 0 Å². The molecule has 2 heteroatoms. The molecular formula is C8H16N2. The molecule has 1 fully saturated rings. The van der Waals surface area contributed by atoms with E-state index in [4.69, 9.17) is 0 Å². The van der Waals surface area contributed by atoms with E-state index >= 15 is 0 Å². The Morgan fingerprint density at radius 2 is 2.00 bits per heavy atom. The van der Waals surface area contributed by atoms with Crippen molar-refractivity contribution >= 4 is 0 Å². The minimum atomic E-state index is 0.595. The summed E-state index contributed by atoms with van der Waals surface area (Å²) in [5.74, 6) is 1.16. The molecule has 10 heavy (non-hydrogen) atoms. The van der Waals surface area contributed by atoms with Crippen LogP contribution in [0, 0.1) is 0 Å². The van der Waals surface area contributed by atoms with E-state index in [2.05, 4.69) is 37.3 Å². The van der Waals surface area contributed by atoms with Crippen LogP contribution in [0.15, 0.2) is 12.4 Å². The molecule has 0 amide bonds. The number of nitrogens with zero attached hydrogens (tertiary/aromatic N) is 2. The number of hydrogen-bond acceptors (Lipinski definition) is 2. The van der Waals surface area contributed by atoms with Gasteiger partial charge < -0.3 is 9.80 Å². The van der Waals surface area contributed by atoms with Crippen molar-refractivity contribution in [1.82, 2.24) is 9.80 Å². The molecule has 58 valence electrons. The van der Waals surface area contributed by atoms with E-state index in [-0.39, 0.29) is 0 Å². The molecule has 2 nitrogen and oxygen atoms in total. The highest BCUT2D eigenvalue weighted by atomic mass is 15.4. The average Bonchev–Trinajstić information content (AvgIpc) is 2.14. The third kappa shape index (κ3) is 1.11. The first-order valence-electron chi connectivity index (χ1n) is 3.79. The highest BCUT2D eigenvalue weighted by Gasteiger charge is 2.20. The van der Waals surface area contributed by atoms with Crippen molar-refractivity contribution in [2.24, 2.45) is 0 Å². The summed E-state index contributed by atoms with van der Waals surface area (Å²) in [7, 11) is 2.09. The number of rotatable bonds is 1. The van der Waals surface area contributed by atoms with Crippen LogP contribution in [0.1, 0.15) is 13.8 Å². The average molecular weight is 140 g/mol. The van der Waals surface area contributed by atoms with Crippen LogP contribution >= 0.6 is 0 Å². The minimum absolute atomic E-state index is 0.595. The monoisotopic (exact) mass is 140 g/mol. The molecular weight excluding hydrogens is 124 g/mol. The van der Waals surface area contributed by atoms with Crippen LogP contribution in [0.4, 0.5) is 0 Å². The Morgan fingerprint density at radius 3 is 2.20 bits per heavy atom. The smallest absolute Gasteiger partial charge is 0.0966 e. The lowest BCUT2D eigenvalue weighted by molar-refractivity contribution is 0.308. The Morgan fingerprint density at radius 1 is 1.40 bits per heavy atom. The Bertz CT molecular complexity index is 140. The summed E-state index contributed by atoms with van der Waals surface area (Å²) in [6.45, 7) is 10.6. The lowest BCUT2D eigenvalue weighted by atomic mass is 10.3. The molecule has 0 radical (unpaired) electrons. The molecule has 1 rings (SSSR count). The minimum Gasteiger partial charge on any atom is -0.360 e. The molecule has 0 atom stereocenters. The van der Waals surface area contributed by atoms with E-state index in [0.717, 1.165) is 18.9 Å². The van der Waals surface area contributed by atoms with Gasteiger partial charge in [-0.3, -0.25) is 0 Å². The van der Waals surface area contributed by atoms with Gasteiger partial charge in [-0.2, -0.15) is 0 Å². The zero-order chi connectivity index (χ0) is 7.72. The maximum atomic E-state index is 3.99. The molecule has 0 saturated carbocycles. The van der Waals surface area contributed by atoms with Gasteiger partial charge in [0.2, 0.25) is 0 Å². The molecule has 0 bridgehead atoms. The lowest BCUT2D eigenvalue weighted by Crippen LogP contribution is -2.27. The van der Waals surface area contributed by atoms with Gasteiger partial charge in [-0.15, -0.1) is 0 Å². The maximum Gasteiger partial charge on any atom is 0.0966 e. The highest BCUT2D eigenvalue weighted by molar-refractivity contribution is 4.99. The summed E-state index contributed by atoms with van der Waals surface area (Å²) < 4.78 is 0. The van der Waals surface area contributed by atoms with Gasteiger partial charge in [0.1, 0.15) is 0 Å². The predicted octanol–water partition coefficient (Wildman–Crippen LogP) is 1.11. The fourth-order valence-corrected chi connectivity index (χ4v) is 1.29. The summed E-state index contributed by atoms with van der Waals surface area (Å²) in [6, 6.07) is 0.595. The van der Waals surface area contributed by atoms with Gasteiger partial charge in [0.25, 0.3) is 0 Å². The quantitative estimate of drug-likeness (QED) is 0.538. The molecule has 1 saturated heterocycles. The molecule has 1 heterocycles. The van der Waals surface area contributed by atoms with Crippen molar-refractivity contribution in [3.63, 3.8) is 0 Å².